The average molecular weight is 194 g/mol. The molecule has 14 heavy (non-hydrogen) atoms. The summed E-state index contributed by atoms with van der Waals surface area (Å²) in [6.07, 6.45) is 1.93. The number of rotatable bonds is 3. The highest BCUT2D eigenvalue weighted by molar-refractivity contribution is 6.42. The van der Waals surface area contributed by atoms with E-state index in [0.717, 1.165) is 18.4 Å². The van der Waals surface area contributed by atoms with Gasteiger partial charge in [0.25, 0.3) is 0 Å². The zero-order valence-electron chi connectivity index (χ0n) is 8.17. The quantitative estimate of drug-likeness (QED) is 0.516. The highest BCUT2D eigenvalue weighted by Gasteiger charge is 2.48. The van der Waals surface area contributed by atoms with Crippen molar-refractivity contribution in [1.82, 2.24) is 0 Å². The summed E-state index contributed by atoms with van der Waals surface area (Å²) in [5.74, 6) is 0.421. The molecule has 0 heterocycles. The Morgan fingerprint density at radius 1 is 1.71 bits per heavy atom. The molecule has 1 fully saturated rings. The maximum atomic E-state index is 11.3. The molecular formula is C10H14N2O2. The fraction of sp³-hybridized carbons (Fsp3) is 0.600. The molecule has 2 rings (SSSR count). The average Bonchev–Trinajstić information content (AvgIpc) is 2.78. The lowest BCUT2D eigenvalue weighted by Gasteiger charge is -2.07. The van der Waals surface area contributed by atoms with E-state index in [0.29, 0.717) is 24.1 Å². The molecule has 0 aromatic heterocycles. The fourth-order valence-corrected chi connectivity index (χ4v) is 2.12. The number of hydrogen-bond acceptors (Lipinski definition) is 4. The summed E-state index contributed by atoms with van der Waals surface area (Å²) in [5, 5.41) is 7.67. The Labute approximate surface area is 82.6 Å². The Hall–Kier alpha value is -1.32. The van der Waals surface area contributed by atoms with Crippen molar-refractivity contribution in [1.29, 1.82) is 5.41 Å². The second-order valence-electron chi connectivity index (χ2n) is 3.84. The first kappa shape index (κ1) is 9.24. The third-order valence-corrected chi connectivity index (χ3v) is 2.87. The van der Waals surface area contributed by atoms with Crippen LogP contribution in [0.1, 0.15) is 19.8 Å². The Morgan fingerprint density at radius 2 is 2.43 bits per heavy atom. The predicted octanol–water partition coefficient (Wildman–Crippen LogP) is 0.822. The van der Waals surface area contributed by atoms with Crippen LogP contribution in [0, 0.1) is 17.2 Å². The SMILES string of the molecule is CCOC(=O)C(=N)C1=C(N)CC2CC12. The molecular weight excluding hydrogens is 180 g/mol. The van der Waals surface area contributed by atoms with Crippen LogP contribution in [0.5, 0.6) is 0 Å². The highest BCUT2D eigenvalue weighted by Crippen LogP contribution is 2.53. The first-order valence-corrected chi connectivity index (χ1v) is 4.89. The van der Waals surface area contributed by atoms with Gasteiger partial charge in [-0.2, -0.15) is 0 Å². The standard InChI is InChI=1S/C10H14N2O2/c1-2-14-10(13)9(12)8-6-3-5(6)4-7(8)11/h5-6,12H,2-4,11H2,1H3. The van der Waals surface area contributed by atoms with E-state index in [9.17, 15) is 4.79 Å². The molecule has 76 valence electrons. The van der Waals surface area contributed by atoms with Crippen LogP contribution in [0.25, 0.3) is 0 Å². The minimum absolute atomic E-state index is 0.0330. The molecule has 2 aliphatic rings. The van der Waals surface area contributed by atoms with Crippen molar-refractivity contribution < 1.29 is 9.53 Å². The molecule has 0 aromatic carbocycles. The lowest BCUT2D eigenvalue weighted by molar-refractivity contribution is -0.135. The number of carbonyl (C=O) groups excluding carboxylic acids is 1. The zero-order chi connectivity index (χ0) is 10.3. The van der Waals surface area contributed by atoms with Crippen LogP contribution in [0.3, 0.4) is 0 Å². The number of nitrogens with one attached hydrogen (secondary N) is 1. The van der Waals surface area contributed by atoms with Crippen LogP contribution in [0.2, 0.25) is 0 Å². The molecule has 2 unspecified atom stereocenters. The number of hydrogen-bond donors (Lipinski definition) is 2. The normalized spacial score (nSPS) is 28.6. The molecule has 0 radical (unpaired) electrons. The van der Waals surface area contributed by atoms with Gasteiger partial charge in [0.2, 0.25) is 0 Å². The lowest BCUT2D eigenvalue weighted by atomic mass is 10.1. The second-order valence-corrected chi connectivity index (χ2v) is 3.84. The molecule has 4 nitrogen and oxygen atoms in total. The first-order valence-electron chi connectivity index (χ1n) is 4.89. The van der Waals surface area contributed by atoms with Gasteiger partial charge in [0.05, 0.1) is 6.61 Å². The van der Waals surface area contributed by atoms with Crippen LogP contribution in [0.4, 0.5) is 0 Å². The third-order valence-electron chi connectivity index (χ3n) is 2.87. The highest BCUT2D eigenvalue weighted by atomic mass is 16.5. The molecule has 0 amide bonds. The zero-order valence-corrected chi connectivity index (χ0v) is 8.17. The van der Waals surface area contributed by atoms with E-state index in [1.807, 2.05) is 0 Å². The van der Waals surface area contributed by atoms with Gasteiger partial charge in [-0.15, -0.1) is 0 Å². The maximum Gasteiger partial charge on any atom is 0.356 e. The maximum absolute atomic E-state index is 11.3. The number of ether oxygens (including phenoxy) is 1. The summed E-state index contributed by atoms with van der Waals surface area (Å²) in [7, 11) is 0. The molecule has 2 aliphatic carbocycles. The van der Waals surface area contributed by atoms with E-state index >= 15 is 0 Å². The first-order chi connectivity index (χ1) is 6.65. The summed E-state index contributed by atoms with van der Waals surface area (Å²) in [6.45, 7) is 2.04. The van der Waals surface area contributed by atoms with Crippen LogP contribution in [-0.2, 0) is 9.53 Å². The van der Waals surface area contributed by atoms with Gasteiger partial charge in [-0.05, 0) is 31.6 Å². The molecule has 0 saturated heterocycles. The lowest BCUT2D eigenvalue weighted by Crippen LogP contribution is -2.21. The van der Waals surface area contributed by atoms with Gasteiger partial charge < -0.3 is 10.5 Å². The number of nitrogens with two attached hydrogens (primary N) is 1. The molecule has 0 spiro atoms. The van der Waals surface area contributed by atoms with Gasteiger partial charge in [-0.3, -0.25) is 5.41 Å². The second kappa shape index (κ2) is 3.12. The van der Waals surface area contributed by atoms with Crippen LogP contribution in [-0.4, -0.2) is 18.3 Å². The van der Waals surface area contributed by atoms with E-state index in [2.05, 4.69) is 0 Å². The molecule has 4 heteroatoms. The smallest absolute Gasteiger partial charge is 0.356 e. The summed E-state index contributed by atoms with van der Waals surface area (Å²) in [4.78, 5) is 11.3. The fourth-order valence-electron chi connectivity index (χ4n) is 2.12. The van der Waals surface area contributed by atoms with E-state index in [1.54, 1.807) is 6.92 Å². The number of allylic oxidation sites excluding steroid dienone is 1. The Morgan fingerprint density at radius 3 is 2.93 bits per heavy atom. The van der Waals surface area contributed by atoms with Crippen molar-refractivity contribution in [2.24, 2.45) is 17.6 Å². The minimum atomic E-state index is -0.544. The largest absolute Gasteiger partial charge is 0.461 e. The van der Waals surface area contributed by atoms with Gasteiger partial charge in [-0.1, -0.05) is 0 Å². The van der Waals surface area contributed by atoms with E-state index in [4.69, 9.17) is 15.9 Å². The number of fused-ring (bicyclic) bond motifs is 1. The Bertz CT molecular complexity index is 333. The molecule has 3 N–H and O–H groups in total. The molecule has 0 bridgehead atoms. The minimum Gasteiger partial charge on any atom is -0.461 e. The van der Waals surface area contributed by atoms with E-state index < -0.39 is 5.97 Å². The Balaban J connectivity index is 2.11. The summed E-state index contributed by atoms with van der Waals surface area (Å²) in [6, 6.07) is 0. The molecule has 2 atom stereocenters. The van der Waals surface area contributed by atoms with Crippen molar-refractivity contribution in [3.05, 3.63) is 11.3 Å². The van der Waals surface area contributed by atoms with Crippen molar-refractivity contribution in [2.75, 3.05) is 6.61 Å². The van der Waals surface area contributed by atoms with Gasteiger partial charge in [0.15, 0.2) is 0 Å². The summed E-state index contributed by atoms with van der Waals surface area (Å²) >= 11 is 0. The third kappa shape index (κ3) is 1.31. The number of carbonyl (C=O) groups is 1. The topological polar surface area (TPSA) is 76.2 Å². The predicted molar refractivity (Wildman–Crippen MR) is 51.8 cm³/mol. The molecule has 0 aliphatic heterocycles. The van der Waals surface area contributed by atoms with Gasteiger partial charge in [-0.25, -0.2) is 4.79 Å². The Kier molecular flexibility index (Phi) is 2.06. The van der Waals surface area contributed by atoms with Gasteiger partial charge in [0.1, 0.15) is 5.71 Å². The van der Waals surface area contributed by atoms with E-state index in [-0.39, 0.29) is 5.71 Å². The monoisotopic (exact) mass is 194 g/mol. The van der Waals surface area contributed by atoms with Gasteiger partial charge >= 0.3 is 5.97 Å². The van der Waals surface area contributed by atoms with Gasteiger partial charge in [0, 0.05) is 11.3 Å². The summed E-state index contributed by atoms with van der Waals surface area (Å²) < 4.78 is 4.78. The molecule has 1 saturated carbocycles. The van der Waals surface area contributed by atoms with Crippen molar-refractivity contribution in [3.8, 4) is 0 Å². The van der Waals surface area contributed by atoms with E-state index in [1.165, 1.54) is 0 Å². The van der Waals surface area contributed by atoms with Crippen molar-refractivity contribution >= 4 is 11.7 Å². The van der Waals surface area contributed by atoms with Crippen LogP contribution in [0.15, 0.2) is 11.3 Å². The summed E-state index contributed by atoms with van der Waals surface area (Å²) in [5.41, 5.74) is 7.19. The van der Waals surface area contributed by atoms with Crippen LogP contribution >= 0.6 is 0 Å². The van der Waals surface area contributed by atoms with Crippen molar-refractivity contribution in [2.45, 2.75) is 19.8 Å². The van der Waals surface area contributed by atoms with Crippen molar-refractivity contribution in [3.63, 3.8) is 0 Å². The van der Waals surface area contributed by atoms with Crippen LogP contribution < -0.4 is 5.73 Å². The number of esters is 1. The molecule has 0 aromatic rings.